The van der Waals surface area contributed by atoms with Crippen LogP contribution in [0.1, 0.15) is 31.4 Å². The largest absolute Gasteiger partial charge is 0.483 e. The molecule has 0 saturated carbocycles. The summed E-state index contributed by atoms with van der Waals surface area (Å²) in [5.41, 5.74) is 0.710. The van der Waals surface area contributed by atoms with Crippen molar-refractivity contribution in [2.75, 3.05) is 26.9 Å². The number of amides is 1. The third-order valence-corrected chi connectivity index (χ3v) is 2.87. The topological polar surface area (TPSA) is 67.8 Å². The van der Waals surface area contributed by atoms with Crippen molar-refractivity contribution in [3.05, 3.63) is 29.8 Å². The predicted octanol–water partition coefficient (Wildman–Crippen LogP) is 1.66. The van der Waals surface area contributed by atoms with Crippen LogP contribution >= 0.6 is 0 Å². The van der Waals surface area contributed by atoms with Crippen molar-refractivity contribution in [1.29, 1.82) is 0 Å². The van der Waals surface area contributed by atoms with E-state index in [9.17, 15) is 9.90 Å². The maximum atomic E-state index is 11.6. The number of carbonyl (C=O) groups excluding carboxylic acids is 1. The van der Waals surface area contributed by atoms with Gasteiger partial charge in [-0.15, -0.1) is 0 Å². The highest BCUT2D eigenvalue weighted by molar-refractivity contribution is 5.77. The van der Waals surface area contributed by atoms with Crippen LogP contribution in [0.15, 0.2) is 24.3 Å². The summed E-state index contributed by atoms with van der Waals surface area (Å²) in [7, 11) is 1.63. The van der Waals surface area contributed by atoms with Crippen LogP contribution < -0.4 is 10.1 Å². The third-order valence-electron chi connectivity index (χ3n) is 2.87. The molecule has 112 valence electrons. The van der Waals surface area contributed by atoms with Crippen molar-refractivity contribution in [3.63, 3.8) is 0 Å². The van der Waals surface area contributed by atoms with Gasteiger partial charge in [0.15, 0.2) is 6.61 Å². The van der Waals surface area contributed by atoms with Gasteiger partial charge in [0.2, 0.25) is 0 Å². The number of methoxy groups -OCH3 is 1. The van der Waals surface area contributed by atoms with Gasteiger partial charge in [0.05, 0.1) is 6.10 Å². The third kappa shape index (κ3) is 5.59. The fraction of sp³-hybridized carbons (Fsp3) is 0.533. The summed E-state index contributed by atoms with van der Waals surface area (Å²) < 4.78 is 10.4. The van der Waals surface area contributed by atoms with Crippen LogP contribution in [-0.4, -0.2) is 37.9 Å². The van der Waals surface area contributed by atoms with Crippen molar-refractivity contribution in [2.24, 2.45) is 0 Å². The second kappa shape index (κ2) is 9.34. The zero-order valence-corrected chi connectivity index (χ0v) is 12.1. The number of nitrogens with one attached hydrogen (secondary N) is 1. The first kappa shape index (κ1) is 16.5. The quantitative estimate of drug-likeness (QED) is 0.676. The van der Waals surface area contributed by atoms with E-state index in [-0.39, 0.29) is 12.5 Å². The summed E-state index contributed by atoms with van der Waals surface area (Å²) in [4.78, 5) is 11.6. The molecule has 5 nitrogen and oxygen atoms in total. The monoisotopic (exact) mass is 281 g/mol. The minimum Gasteiger partial charge on any atom is -0.483 e. The molecule has 1 unspecified atom stereocenters. The molecule has 0 heterocycles. The fourth-order valence-corrected chi connectivity index (χ4v) is 1.75. The molecule has 0 spiro atoms. The van der Waals surface area contributed by atoms with Crippen molar-refractivity contribution in [3.8, 4) is 5.75 Å². The maximum Gasteiger partial charge on any atom is 0.257 e. The van der Waals surface area contributed by atoms with Crippen LogP contribution in [-0.2, 0) is 9.53 Å². The van der Waals surface area contributed by atoms with Gasteiger partial charge in [-0.1, -0.05) is 25.1 Å². The van der Waals surface area contributed by atoms with Gasteiger partial charge in [0, 0.05) is 25.8 Å². The van der Waals surface area contributed by atoms with E-state index in [0.717, 1.165) is 6.42 Å². The Kier molecular flexibility index (Phi) is 7.69. The zero-order chi connectivity index (χ0) is 14.8. The van der Waals surface area contributed by atoms with E-state index in [1.807, 2.05) is 19.1 Å². The summed E-state index contributed by atoms with van der Waals surface area (Å²) in [5.74, 6) is 0.371. The first-order valence-corrected chi connectivity index (χ1v) is 6.84. The number of aliphatic hydroxyl groups excluding tert-OH is 1. The number of benzene rings is 1. The Morgan fingerprint density at radius 2 is 2.15 bits per heavy atom. The first-order chi connectivity index (χ1) is 9.69. The van der Waals surface area contributed by atoms with E-state index >= 15 is 0 Å². The van der Waals surface area contributed by atoms with E-state index in [4.69, 9.17) is 9.47 Å². The van der Waals surface area contributed by atoms with Crippen LogP contribution in [0.5, 0.6) is 5.75 Å². The first-order valence-electron chi connectivity index (χ1n) is 6.84. The van der Waals surface area contributed by atoms with Gasteiger partial charge < -0.3 is 19.9 Å². The molecule has 1 rings (SSSR count). The average Bonchev–Trinajstić information content (AvgIpc) is 2.49. The van der Waals surface area contributed by atoms with Gasteiger partial charge in [-0.05, 0) is 18.9 Å². The van der Waals surface area contributed by atoms with Gasteiger partial charge in [0.1, 0.15) is 5.75 Å². The fourth-order valence-electron chi connectivity index (χ4n) is 1.75. The van der Waals surface area contributed by atoms with Gasteiger partial charge in [-0.25, -0.2) is 0 Å². The van der Waals surface area contributed by atoms with Gasteiger partial charge in [0.25, 0.3) is 5.91 Å². The lowest BCUT2D eigenvalue weighted by atomic mass is 10.1. The van der Waals surface area contributed by atoms with E-state index in [2.05, 4.69) is 5.32 Å². The molecule has 0 aliphatic rings. The van der Waals surface area contributed by atoms with Crippen LogP contribution in [0.25, 0.3) is 0 Å². The van der Waals surface area contributed by atoms with E-state index in [0.29, 0.717) is 30.9 Å². The molecule has 0 radical (unpaired) electrons. The van der Waals surface area contributed by atoms with Crippen LogP contribution in [0.2, 0.25) is 0 Å². The Balaban J connectivity index is 2.43. The zero-order valence-electron chi connectivity index (χ0n) is 12.1. The number of para-hydroxylation sites is 1. The van der Waals surface area contributed by atoms with Crippen molar-refractivity contribution in [1.82, 2.24) is 5.32 Å². The highest BCUT2D eigenvalue weighted by Crippen LogP contribution is 2.26. The molecule has 0 aliphatic carbocycles. The number of hydrogen-bond donors (Lipinski definition) is 2. The Morgan fingerprint density at radius 1 is 1.40 bits per heavy atom. The van der Waals surface area contributed by atoms with E-state index in [1.165, 1.54) is 0 Å². The Morgan fingerprint density at radius 3 is 2.85 bits per heavy atom. The summed E-state index contributed by atoms with van der Waals surface area (Å²) >= 11 is 0. The van der Waals surface area contributed by atoms with Crippen LogP contribution in [0.3, 0.4) is 0 Å². The lowest BCUT2D eigenvalue weighted by Crippen LogP contribution is -2.30. The summed E-state index contributed by atoms with van der Waals surface area (Å²) in [6.45, 7) is 3.02. The summed E-state index contributed by atoms with van der Waals surface area (Å²) in [5, 5.41) is 12.6. The predicted molar refractivity (Wildman–Crippen MR) is 76.7 cm³/mol. The molecule has 20 heavy (non-hydrogen) atoms. The standard InChI is InChI=1S/C15H23NO4/c1-3-13(17)12-7-4-5-8-14(12)20-11-15(18)16-9-6-10-19-2/h4-5,7-8,13,17H,3,6,9-11H2,1-2H3,(H,16,18). The van der Waals surface area contributed by atoms with Crippen LogP contribution in [0, 0.1) is 0 Å². The second-order valence-corrected chi connectivity index (χ2v) is 4.45. The normalized spacial score (nSPS) is 11.9. The Hall–Kier alpha value is -1.59. The number of rotatable bonds is 9. The molecule has 1 amide bonds. The molecule has 0 aliphatic heterocycles. The second-order valence-electron chi connectivity index (χ2n) is 4.45. The molecular formula is C15H23NO4. The highest BCUT2D eigenvalue weighted by Gasteiger charge is 2.12. The van der Waals surface area contributed by atoms with Crippen molar-refractivity contribution >= 4 is 5.91 Å². The van der Waals surface area contributed by atoms with E-state index < -0.39 is 6.10 Å². The number of ether oxygens (including phenoxy) is 2. The van der Waals surface area contributed by atoms with Crippen molar-refractivity contribution < 1.29 is 19.4 Å². The maximum absolute atomic E-state index is 11.6. The molecule has 0 fully saturated rings. The molecule has 2 N–H and O–H groups in total. The molecule has 1 aromatic rings. The Labute approximate surface area is 119 Å². The summed E-state index contributed by atoms with van der Waals surface area (Å²) in [6.07, 6.45) is 0.799. The van der Waals surface area contributed by atoms with Gasteiger partial charge >= 0.3 is 0 Å². The smallest absolute Gasteiger partial charge is 0.257 e. The number of aliphatic hydroxyl groups is 1. The molecule has 1 atom stereocenters. The Bertz CT molecular complexity index is 409. The average molecular weight is 281 g/mol. The number of hydrogen-bond acceptors (Lipinski definition) is 4. The molecular weight excluding hydrogens is 258 g/mol. The van der Waals surface area contributed by atoms with E-state index in [1.54, 1.807) is 19.2 Å². The van der Waals surface area contributed by atoms with Gasteiger partial charge in [-0.2, -0.15) is 0 Å². The summed E-state index contributed by atoms with van der Waals surface area (Å²) in [6, 6.07) is 7.22. The minimum atomic E-state index is -0.573. The molecule has 0 bridgehead atoms. The molecule has 0 aromatic heterocycles. The molecule has 5 heteroatoms. The highest BCUT2D eigenvalue weighted by atomic mass is 16.5. The van der Waals surface area contributed by atoms with Crippen LogP contribution in [0.4, 0.5) is 0 Å². The SMILES string of the molecule is CCC(O)c1ccccc1OCC(=O)NCCCOC. The number of carbonyl (C=O) groups is 1. The minimum absolute atomic E-state index is 0.0551. The van der Waals surface area contributed by atoms with Crippen molar-refractivity contribution in [2.45, 2.75) is 25.9 Å². The lowest BCUT2D eigenvalue weighted by Gasteiger charge is -2.14. The van der Waals surface area contributed by atoms with Gasteiger partial charge in [-0.3, -0.25) is 4.79 Å². The molecule has 1 aromatic carbocycles. The lowest BCUT2D eigenvalue weighted by molar-refractivity contribution is -0.123. The molecule has 0 saturated heterocycles.